The number of aryl methyl sites for hydroxylation is 2. The van der Waals surface area contributed by atoms with Gasteiger partial charge in [0.25, 0.3) is 0 Å². The number of rotatable bonds is 9. The molecule has 1 unspecified atom stereocenters. The highest BCUT2D eigenvalue weighted by Gasteiger charge is 2.30. The van der Waals surface area contributed by atoms with Crippen molar-refractivity contribution < 1.29 is 19.1 Å². The molecule has 0 bridgehead atoms. The number of fused-ring (bicyclic) bond motifs is 1. The Balaban J connectivity index is 1.47. The van der Waals surface area contributed by atoms with Crippen molar-refractivity contribution in [2.45, 2.75) is 83.8 Å². The first kappa shape index (κ1) is 24.1. The van der Waals surface area contributed by atoms with Gasteiger partial charge in [0, 0.05) is 19.0 Å². The zero-order chi connectivity index (χ0) is 23.9. The normalized spacial score (nSPS) is 16.2. The molecule has 2 aromatic carbocycles. The van der Waals surface area contributed by atoms with Crippen molar-refractivity contribution in [3.63, 3.8) is 0 Å². The molecule has 1 fully saturated rings. The summed E-state index contributed by atoms with van der Waals surface area (Å²) in [5.41, 5.74) is 3.23. The lowest BCUT2D eigenvalue weighted by Gasteiger charge is -2.33. The molecule has 2 aromatic rings. The first-order chi connectivity index (χ1) is 16.5. The van der Waals surface area contributed by atoms with Crippen LogP contribution in [-0.4, -0.2) is 35.6 Å². The number of carbonyl (C=O) groups excluding carboxylic acids is 2. The fourth-order valence-electron chi connectivity index (χ4n) is 4.85. The van der Waals surface area contributed by atoms with Crippen LogP contribution in [-0.2, 0) is 22.6 Å². The van der Waals surface area contributed by atoms with E-state index in [0.29, 0.717) is 25.8 Å². The SMILES string of the molecule is CCC(C(=O)NC1CCCCC1)N(Cc1ccc(C)cc1)C(=O)CCc1ccc2c(c1)OCO2. The molecule has 0 radical (unpaired) electrons. The van der Waals surface area contributed by atoms with Crippen molar-refractivity contribution in [3.8, 4) is 11.5 Å². The number of ether oxygens (including phenoxy) is 2. The number of hydrogen-bond acceptors (Lipinski definition) is 4. The number of hydrogen-bond donors (Lipinski definition) is 1. The summed E-state index contributed by atoms with van der Waals surface area (Å²) in [6.45, 7) is 4.69. The summed E-state index contributed by atoms with van der Waals surface area (Å²) in [5, 5.41) is 3.24. The molecule has 0 spiro atoms. The number of amides is 2. The molecular formula is C28H36N2O4. The topological polar surface area (TPSA) is 67.9 Å². The second kappa shape index (κ2) is 11.4. The van der Waals surface area contributed by atoms with E-state index in [0.717, 1.165) is 48.3 Å². The maximum atomic E-state index is 13.5. The molecule has 0 aromatic heterocycles. The standard InChI is InChI=1S/C28H36N2O4/c1-3-24(28(32)29-23-7-5-4-6-8-23)30(18-22-11-9-20(2)10-12-22)27(31)16-14-21-13-15-25-26(17-21)34-19-33-25/h9-13,15,17,23-24H,3-8,14,16,18-19H2,1-2H3,(H,29,32). The lowest BCUT2D eigenvalue weighted by molar-refractivity contribution is -0.141. The van der Waals surface area contributed by atoms with Gasteiger partial charge >= 0.3 is 0 Å². The Morgan fingerprint density at radius 2 is 1.71 bits per heavy atom. The molecule has 1 heterocycles. The quantitative estimate of drug-likeness (QED) is 0.572. The summed E-state index contributed by atoms with van der Waals surface area (Å²) in [5.74, 6) is 1.42. The maximum absolute atomic E-state index is 13.5. The van der Waals surface area contributed by atoms with Gasteiger partial charge in [0.1, 0.15) is 6.04 Å². The highest BCUT2D eigenvalue weighted by Crippen LogP contribution is 2.33. The molecule has 1 atom stereocenters. The Hall–Kier alpha value is -3.02. The van der Waals surface area contributed by atoms with Crippen molar-refractivity contribution >= 4 is 11.8 Å². The van der Waals surface area contributed by atoms with Crippen LogP contribution in [0.2, 0.25) is 0 Å². The fourth-order valence-corrected chi connectivity index (χ4v) is 4.85. The molecule has 182 valence electrons. The first-order valence-electron chi connectivity index (χ1n) is 12.6. The minimum Gasteiger partial charge on any atom is -0.454 e. The van der Waals surface area contributed by atoms with Gasteiger partial charge in [0.05, 0.1) is 0 Å². The van der Waals surface area contributed by atoms with Crippen LogP contribution < -0.4 is 14.8 Å². The average Bonchev–Trinajstić information content (AvgIpc) is 3.32. The maximum Gasteiger partial charge on any atom is 0.243 e. The highest BCUT2D eigenvalue weighted by molar-refractivity contribution is 5.88. The van der Waals surface area contributed by atoms with Gasteiger partial charge in [0.15, 0.2) is 11.5 Å². The molecule has 34 heavy (non-hydrogen) atoms. The van der Waals surface area contributed by atoms with Crippen LogP contribution in [0.5, 0.6) is 11.5 Å². The lowest BCUT2D eigenvalue weighted by atomic mass is 9.95. The summed E-state index contributed by atoms with van der Waals surface area (Å²) >= 11 is 0. The van der Waals surface area contributed by atoms with Gasteiger partial charge in [-0.05, 0) is 55.9 Å². The van der Waals surface area contributed by atoms with Crippen LogP contribution in [0.3, 0.4) is 0 Å². The van der Waals surface area contributed by atoms with Crippen molar-refractivity contribution in [2.24, 2.45) is 0 Å². The van der Waals surface area contributed by atoms with Gasteiger partial charge in [0.2, 0.25) is 18.6 Å². The predicted molar refractivity (Wildman–Crippen MR) is 132 cm³/mol. The molecular weight excluding hydrogens is 428 g/mol. The molecule has 4 rings (SSSR count). The lowest BCUT2D eigenvalue weighted by Crippen LogP contribution is -2.51. The van der Waals surface area contributed by atoms with Gasteiger partial charge in [-0.25, -0.2) is 0 Å². The van der Waals surface area contributed by atoms with Crippen molar-refractivity contribution in [3.05, 3.63) is 59.2 Å². The number of nitrogens with zero attached hydrogens (tertiary/aromatic N) is 1. The number of carbonyl (C=O) groups is 2. The van der Waals surface area contributed by atoms with Gasteiger partial charge in [-0.2, -0.15) is 0 Å². The molecule has 2 amide bonds. The van der Waals surface area contributed by atoms with Gasteiger partial charge in [-0.1, -0.05) is 62.1 Å². The third kappa shape index (κ3) is 6.10. The summed E-state index contributed by atoms with van der Waals surface area (Å²) in [6.07, 6.45) is 7.10. The van der Waals surface area contributed by atoms with E-state index < -0.39 is 6.04 Å². The van der Waals surface area contributed by atoms with Crippen LogP contribution in [0.25, 0.3) is 0 Å². The molecule has 6 heteroatoms. The Bertz CT molecular complexity index is 982. The van der Waals surface area contributed by atoms with Crippen LogP contribution >= 0.6 is 0 Å². The predicted octanol–water partition coefficient (Wildman–Crippen LogP) is 4.91. The summed E-state index contributed by atoms with van der Waals surface area (Å²) in [6, 6.07) is 13.7. The van der Waals surface area contributed by atoms with Gasteiger partial charge < -0.3 is 19.7 Å². The van der Waals surface area contributed by atoms with Crippen molar-refractivity contribution in [1.82, 2.24) is 10.2 Å². The Morgan fingerprint density at radius 3 is 2.44 bits per heavy atom. The first-order valence-corrected chi connectivity index (χ1v) is 12.6. The Morgan fingerprint density at radius 1 is 1.00 bits per heavy atom. The molecule has 1 aliphatic carbocycles. The second-order valence-corrected chi connectivity index (χ2v) is 9.46. The monoisotopic (exact) mass is 464 g/mol. The zero-order valence-corrected chi connectivity index (χ0v) is 20.3. The van der Waals surface area contributed by atoms with Crippen LogP contribution in [0.15, 0.2) is 42.5 Å². The van der Waals surface area contributed by atoms with E-state index in [4.69, 9.17) is 9.47 Å². The second-order valence-electron chi connectivity index (χ2n) is 9.46. The van der Waals surface area contributed by atoms with Crippen LogP contribution in [0, 0.1) is 6.92 Å². The summed E-state index contributed by atoms with van der Waals surface area (Å²) < 4.78 is 10.9. The van der Waals surface area contributed by atoms with E-state index in [1.165, 1.54) is 12.0 Å². The van der Waals surface area contributed by atoms with E-state index >= 15 is 0 Å². The zero-order valence-electron chi connectivity index (χ0n) is 20.3. The van der Waals surface area contributed by atoms with Crippen molar-refractivity contribution in [2.75, 3.05) is 6.79 Å². The van der Waals surface area contributed by atoms with Gasteiger partial charge in [-0.15, -0.1) is 0 Å². The third-order valence-corrected chi connectivity index (χ3v) is 6.88. The van der Waals surface area contributed by atoms with Gasteiger partial charge in [-0.3, -0.25) is 9.59 Å². The number of nitrogens with one attached hydrogen (secondary N) is 1. The van der Waals surface area contributed by atoms with Crippen molar-refractivity contribution in [1.29, 1.82) is 0 Å². The molecule has 0 saturated heterocycles. The van der Waals surface area contributed by atoms with E-state index in [-0.39, 0.29) is 24.6 Å². The summed E-state index contributed by atoms with van der Waals surface area (Å²) in [7, 11) is 0. The minimum atomic E-state index is -0.479. The van der Waals surface area contributed by atoms with E-state index in [2.05, 4.69) is 5.32 Å². The van der Waals surface area contributed by atoms with E-state index in [9.17, 15) is 9.59 Å². The Labute approximate surface area is 202 Å². The van der Waals surface area contributed by atoms with E-state index in [1.807, 2.05) is 56.3 Å². The highest BCUT2D eigenvalue weighted by atomic mass is 16.7. The largest absolute Gasteiger partial charge is 0.454 e. The minimum absolute atomic E-state index is 0.0103. The van der Waals surface area contributed by atoms with Crippen LogP contribution in [0.1, 0.15) is 68.6 Å². The molecule has 6 nitrogen and oxygen atoms in total. The fraction of sp³-hybridized carbons (Fsp3) is 0.500. The average molecular weight is 465 g/mol. The molecule has 1 saturated carbocycles. The van der Waals surface area contributed by atoms with E-state index in [1.54, 1.807) is 4.90 Å². The molecule has 2 aliphatic rings. The van der Waals surface area contributed by atoms with Crippen LogP contribution in [0.4, 0.5) is 0 Å². The molecule has 1 aliphatic heterocycles. The smallest absolute Gasteiger partial charge is 0.243 e. The third-order valence-electron chi connectivity index (χ3n) is 6.88. The number of benzene rings is 2. The Kier molecular flexibility index (Phi) is 8.09. The summed E-state index contributed by atoms with van der Waals surface area (Å²) in [4.78, 5) is 28.6. The molecule has 1 N–H and O–H groups in total.